The van der Waals surface area contributed by atoms with E-state index in [0.717, 1.165) is 29.4 Å². The molecule has 3 aliphatic heterocycles. The lowest BCUT2D eigenvalue weighted by Gasteiger charge is -2.47. The molecule has 2 N–H and O–H groups in total. The molecule has 5 atom stereocenters. The molecule has 1 aromatic heterocycles. The molecule has 3 fully saturated rings. The fourth-order valence-corrected chi connectivity index (χ4v) is 4.39. The number of aromatic nitrogens is 1. The lowest BCUT2D eigenvalue weighted by atomic mass is 9.74. The maximum Gasteiger partial charge on any atom is 0.132 e. The second kappa shape index (κ2) is 5.49. The first kappa shape index (κ1) is 13.9. The van der Waals surface area contributed by atoms with Crippen molar-refractivity contribution in [1.29, 1.82) is 0 Å². The van der Waals surface area contributed by atoms with Crippen LogP contribution in [0, 0.1) is 11.8 Å². The summed E-state index contributed by atoms with van der Waals surface area (Å²) in [5.41, 5.74) is 1.95. The third kappa shape index (κ3) is 2.25. The van der Waals surface area contributed by atoms with E-state index in [-0.39, 0.29) is 0 Å². The molecular formula is C19H23N2O+. The van der Waals surface area contributed by atoms with Crippen LogP contribution in [-0.2, 0) is 0 Å². The van der Waals surface area contributed by atoms with Gasteiger partial charge in [0.1, 0.15) is 12.1 Å². The van der Waals surface area contributed by atoms with Crippen LogP contribution in [0.2, 0.25) is 0 Å². The predicted octanol–water partition coefficient (Wildman–Crippen LogP) is 1.75. The highest BCUT2D eigenvalue weighted by Crippen LogP contribution is 2.32. The Morgan fingerprint density at radius 1 is 1.36 bits per heavy atom. The molecule has 1 aromatic carbocycles. The minimum absolute atomic E-state index is 0.304. The summed E-state index contributed by atoms with van der Waals surface area (Å²) >= 11 is 0. The number of pyridine rings is 1. The van der Waals surface area contributed by atoms with Gasteiger partial charge in [0.05, 0.1) is 18.6 Å². The lowest BCUT2D eigenvalue weighted by Crippen LogP contribution is -3.20. The molecule has 2 aromatic rings. The summed E-state index contributed by atoms with van der Waals surface area (Å²) in [5, 5.41) is 12.0. The molecule has 114 valence electrons. The van der Waals surface area contributed by atoms with Gasteiger partial charge in [-0.05, 0) is 18.1 Å². The largest absolute Gasteiger partial charge is 0.382 e. The highest BCUT2D eigenvalue weighted by Gasteiger charge is 2.45. The molecule has 0 amide bonds. The van der Waals surface area contributed by atoms with Crippen molar-refractivity contribution in [2.24, 2.45) is 11.8 Å². The number of hydrogen-bond acceptors (Lipinski definition) is 2. The minimum atomic E-state index is -0.416. The zero-order valence-corrected chi connectivity index (χ0v) is 12.8. The monoisotopic (exact) mass is 295 g/mol. The summed E-state index contributed by atoms with van der Waals surface area (Å²) in [6.45, 7) is 6.28. The van der Waals surface area contributed by atoms with Crippen molar-refractivity contribution in [3.63, 3.8) is 0 Å². The van der Waals surface area contributed by atoms with Crippen LogP contribution in [0.4, 0.5) is 0 Å². The summed E-state index contributed by atoms with van der Waals surface area (Å²) < 4.78 is 0. The molecule has 2 bridgehead atoms. The van der Waals surface area contributed by atoms with Gasteiger partial charge in [-0.1, -0.05) is 24.3 Å². The number of nitrogens with one attached hydrogen (secondary N) is 1. The zero-order valence-electron chi connectivity index (χ0n) is 12.8. The Morgan fingerprint density at radius 2 is 2.23 bits per heavy atom. The number of aliphatic hydroxyl groups is 1. The zero-order chi connectivity index (χ0) is 15.1. The summed E-state index contributed by atoms with van der Waals surface area (Å²) in [5.74, 6) is 1.32. The molecule has 22 heavy (non-hydrogen) atoms. The van der Waals surface area contributed by atoms with Crippen molar-refractivity contribution >= 4 is 10.9 Å². The maximum atomic E-state index is 10.9. The normalized spacial score (nSPS) is 32.0. The second-order valence-corrected chi connectivity index (χ2v) is 6.81. The number of benzene rings is 1. The molecule has 0 saturated carbocycles. The molecule has 4 heterocycles. The fourth-order valence-electron chi connectivity index (χ4n) is 4.39. The van der Waals surface area contributed by atoms with Gasteiger partial charge in [-0.2, -0.15) is 0 Å². The first-order valence-corrected chi connectivity index (χ1v) is 8.26. The average Bonchev–Trinajstić information content (AvgIpc) is 2.60. The van der Waals surface area contributed by atoms with Crippen LogP contribution in [0.3, 0.4) is 0 Å². The number of para-hydroxylation sites is 1. The summed E-state index contributed by atoms with van der Waals surface area (Å²) in [4.78, 5) is 6.04. The first-order valence-electron chi connectivity index (χ1n) is 8.26. The predicted molar refractivity (Wildman–Crippen MR) is 87.6 cm³/mol. The van der Waals surface area contributed by atoms with E-state index in [1.54, 1.807) is 0 Å². The topological polar surface area (TPSA) is 37.6 Å². The van der Waals surface area contributed by atoms with Gasteiger partial charge in [0, 0.05) is 35.9 Å². The molecule has 5 rings (SSSR count). The van der Waals surface area contributed by atoms with Crippen LogP contribution in [0.25, 0.3) is 10.9 Å². The van der Waals surface area contributed by atoms with E-state index in [2.05, 4.69) is 29.8 Å². The fraction of sp³-hybridized carbons (Fsp3) is 0.421. The molecule has 1 unspecified atom stereocenters. The number of fused-ring (bicyclic) bond motifs is 4. The number of aliphatic hydroxyl groups excluding tert-OH is 1. The third-order valence-corrected chi connectivity index (χ3v) is 5.66. The van der Waals surface area contributed by atoms with Crippen molar-refractivity contribution in [3.05, 3.63) is 54.7 Å². The quantitative estimate of drug-likeness (QED) is 0.847. The highest BCUT2D eigenvalue weighted by molar-refractivity contribution is 5.78. The van der Waals surface area contributed by atoms with E-state index in [4.69, 9.17) is 0 Å². The summed E-state index contributed by atoms with van der Waals surface area (Å²) in [6.07, 6.45) is 5.91. The summed E-state index contributed by atoms with van der Waals surface area (Å²) in [7, 11) is 0. The van der Waals surface area contributed by atoms with E-state index in [0.29, 0.717) is 17.9 Å². The second-order valence-electron chi connectivity index (χ2n) is 6.81. The van der Waals surface area contributed by atoms with Crippen molar-refractivity contribution in [3.8, 4) is 0 Å². The van der Waals surface area contributed by atoms with Crippen LogP contribution in [-0.4, -0.2) is 29.2 Å². The van der Waals surface area contributed by atoms with Crippen molar-refractivity contribution in [2.75, 3.05) is 13.1 Å². The SMILES string of the molecule is C=C[C@@H]1C[NH+]2CC[C@H]1C[C@H]2[C@@H](O)c1cnc2ccccc2c1. The minimum Gasteiger partial charge on any atom is -0.382 e. The number of rotatable bonds is 3. The van der Waals surface area contributed by atoms with Crippen LogP contribution in [0.5, 0.6) is 0 Å². The van der Waals surface area contributed by atoms with Crippen molar-refractivity contribution < 1.29 is 10.0 Å². The molecule has 3 aliphatic rings. The van der Waals surface area contributed by atoms with Crippen LogP contribution in [0.15, 0.2) is 49.2 Å². The Hall–Kier alpha value is -1.71. The van der Waals surface area contributed by atoms with Gasteiger partial charge in [-0.25, -0.2) is 0 Å². The van der Waals surface area contributed by atoms with Gasteiger partial charge in [-0.15, -0.1) is 6.58 Å². The van der Waals surface area contributed by atoms with Gasteiger partial charge in [-0.3, -0.25) is 4.98 Å². The van der Waals surface area contributed by atoms with E-state index >= 15 is 0 Å². The molecule has 3 saturated heterocycles. The van der Waals surface area contributed by atoms with Crippen molar-refractivity contribution in [1.82, 2.24) is 4.98 Å². The van der Waals surface area contributed by atoms with Gasteiger partial charge in [0.2, 0.25) is 0 Å². The van der Waals surface area contributed by atoms with E-state index < -0.39 is 6.10 Å². The molecule has 3 nitrogen and oxygen atoms in total. The van der Waals surface area contributed by atoms with Gasteiger partial charge < -0.3 is 10.0 Å². The molecule has 0 spiro atoms. The van der Waals surface area contributed by atoms with Crippen molar-refractivity contribution in [2.45, 2.75) is 25.0 Å². The van der Waals surface area contributed by atoms with Crippen LogP contribution >= 0.6 is 0 Å². The van der Waals surface area contributed by atoms with Crippen LogP contribution < -0.4 is 4.90 Å². The number of nitrogens with zero attached hydrogens (tertiary/aromatic N) is 1. The Kier molecular flexibility index (Phi) is 3.47. The number of hydrogen-bond donors (Lipinski definition) is 2. The molecular weight excluding hydrogens is 272 g/mol. The highest BCUT2D eigenvalue weighted by atomic mass is 16.3. The Labute approximate surface area is 131 Å². The van der Waals surface area contributed by atoms with Crippen LogP contribution in [0.1, 0.15) is 24.5 Å². The average molecular weight is 295 g/mol. The Morgan fingerprint density at radius 3 is 3.00 bits per heavy atom. The lowest BCUT2D eigenvalue weighted by molar-refractivity contribution is -0.949. The Balaban J connectivity index is 1.61. The molecule has 3 heteroatoms. The van der Waals surface area contributed by atoms with Gasteiger partial charge >= 0.3 is 0 Å². The standard InChI is InChI=1S/C19H22N2O/c1-2-13-12-21-8-7-14(13)10-18(21)19(22)16-9-15-5-3-4-6-17(15)20-11-16/h2-6,9,11,13-14,18-19,22H,1,7-8,10,12H2/p+1/t13-,14+,18+,19+/m1/s1. The smallest absolute Gasteiger partial charge is 0.132 e. The number of quaternary nitrogens is 1. The van der Waals surface area contributed by atoms with Gasteiger partial charge in [0.25, 0.3) is 0 Å². The Bertz CT molecular complexity index is 699. The van der Waals surface area contributed by atoms with Gasteiger partial charge in [0.15, 0.2) is 0 Å². The summed E-state index contributed by atoms with van der Waals surface area (Å²) in [6, 6.07) is 10.5. The van der Waals surface area contributed by atoms with E-state index in [1.807, 2.05) is 24.4 Å². The van der Waals surface area contributed by atoms with E-state index in [1.165, 1.54) is 17.9 Å². The maximum absolute atomic E-state index is 10.9. The molecule has 0 radical (unpaired) electrons. The number of piperidine rings is 3. The third-order valence-electron chi connectivity index (χ3n) is 5.66. The van der Waals surface area contributed by atoms with E-state index in [9.17, 15) is 5.11 Å². The molecule has 0 aliphatic carbocycles. The first-order chi connectivity index (χ1) is 10.8.